The lowest BCUT2D eigenvalue weighted by Crippen LogP contribution is -2.01. The van der Waals surface area contributed by atoms with E-state index < -0.39 is 0 Å². The van der Waals surface area contributed by atoms with Gasteiger partial charge >= 0.3 is 0 Å². The molecule has 0 atom stereocenters. The van der Waals surface area contributed by atoms with Gasteiger partial charge in [0.15, 0.2) is 5.82 Å². The zero-order valence-corrected chi connectivity index (χ0v) is 18.3. The monoisotopic (exact) mass is 427 g/mol. The summed E-state index contributed by atoms with van der Waals surface area (Å²) in [5, 5.41) is 5.48. The second kappa shape index (κ2) is 7.92. The molecule has 0 bridgehead atoms. The Hall–Kier alpha value is -3.58. The number of fused-ring (bicyclic) bond motifs is 2. The molecule has 0 aliphatic heterocycles. The topological polar surface area (TPSA) is 72.8 Å². The standard InChI is InChI=1S/C24H21N5OS/c1-14(2)24-28-17-8-7-16(13-20(17)31-24)26-23-21-18(5-4-6-19(21)30-3)27-22(29-23)15-9-11-25-12-10-15/h4-14H,1-3H3,(H,26,27,29). The van der Waals surface area contributed by atoms with E-state index in [4.69, 9.17) is 19.7 Å². The van der Waals surface area contributed by atoms with Crippen molar-refractivity contribution in [1.82, 2.24) is 19.9 Å². The van der Waals surface area contributed by atoms with Gasteiger partial charge in [-0.2, -0.15) is 0 Å². The van der Waals surface area contributed by atoms with E-state index >= 15 is 0 Å². The molecule has 6 nitrogen and oxygen atoms in total. The average Bonchev–Trinajstić information content (AvgIpc) is 3.23. The van der Waals surface area contributed by atoms with Gasteiger partial charge in [-0.05, 0) is 42.5 Å². The van der Waals surface area contributed by atoms with Gasteiger partial charge in [0, 0.05) is 29.6 Å². The summed E-state index contributed by atoms with van der Waals surface area (Å²) < 4.78 is 6.76. The number of pyridine rings is 1. The van der Waals surface area contributed by atoms with Crippen LogP contribution in [-0.4, -0.2) is 27.0 Å². The number of hydrogen-bond acceptors (Lipinski definition) is 7. The van der Waals surface area contributed by atoms with Crippen molar-refractivity contribution in [2.45, 2.75) is 19.8 Å². The number of thiazole rings is 1. The normalized spacial score (nSPS) is 11.4. The van der Waals surface area contributed by atoms with Gasteiger partial charge in [-0.1, -0.05) is 19.9 Å². The minimum Gasteiger partial charge on any atom is -0.496 e. The molecule has 2 aromatic carbocycles. The van der Waals surface area contributed by atoms with Gasteiger partial charge in [0.1, 0.15) is 11.6 Å². The van der Waals surface area contributed by atoms with Crippen LogP contribution < -0.4 is 10.1 Å². The lowest BCUT2D eigenvalue weighted by atomic mass is 10.1. The van der Waals surface area contributed by atoms with Crippen molar-refractivity contribution in [3.63, 3.8) is 0 Å². The lowest BCUT2D eigenvalue weighted by molar-refractivity contribution is 0.420. The van der Waals surface area contributed by atoms with Crippen LogP contribution in [0, 0.1) is 0 Å². The van der Waals surface area contributed by atoms with Gasteiger partial charge in [-0.25, -0.2) is 15.0 Å². The summed E-state index contributed by atoms with van der Waals surface area (Å²) in [6.45, 7) is 4.33. The molecule has 0 aliphatic rings. The van der Waals surface area contributed by atoms with Crippen molar-refractivity contribution in [2.75, 3.05) is 12.4 Å². The Balaban J connectivity index is 1.65. The van der Waals surface area contributed by atoms with Crippen LogP contribution in [0.5, 0.6) is 5.75 Å². The lowest BCUT2D eigenvalue weighted by Gasteiger charge is -2.13. The number of ether oxygens (including phenoxy) is 1. The van der Waals surface area contributed by atoms with E-state index in [1.165, 1.54) is 0 Å². The maximum atomic E-state index is 5.61. The summed E-state index contributed by atoms with van der Waals surface area (Å²) in [5.74, 6) is 2.46. The van der Waals surface area contributed by atoms with Crippen LogP contribution in [-0.2, 0) is 0 Å². The van der Waals surface area contributed by atoms with Crippen LogP contribution in [0.4, 0.5) is 11.5 Å². The number of aromatic nitrogens is 4. The van der Waals surface area contributed by atoms with Gasteiger partial charge < -0.3 is 10.1 Å². The third-order valence-corrected chi connectivity index (χ3v) is 6.32. The summed E-state index contributed by atoms with van der Waals surface area (Å²) in [5.41, 5.74) is 3.67. The molecule has 0 amide bonds. The summed E-state index contributed by atoms with van der Waals surface area (Å²) >= 11 is 1.73. The van der Waals surface area contributed by atoms with E-state index in [9.17, 15) is 0 Å². The molecule has 154 valence electrons. The number of benzene rings is 2. The first-order valence-corrected chi connectivity index (χ1v) is 10.9. The van der Waals surface area contributed by atoms with E-state index in [1.54, 1.807) is 30.8 Å². The average molecular weight is 428 g/mol. The van der Waals surface area contributed by atoms with Crippen LogP contribution in [0.2, 0.25) is 0 Å². The molecule has 0 spiro atoms. The van der Waals surface area contributed by atoms with Gasteiger partial charge in [0.2, 0.25) is 0 Å². The first kappa shape index (κ1) is 19.4. The van der Waals surface area contributed by atoms with E-state index in [0.717, 1.165) is 43.1 Å². The second-order valence-corrected chi connectivity index (χ2v) is 8.56. The number of nitrogens with one attached hydrogen (secondary N) is 1. The van der Waals surface area contributed by atoms with Crippen molar-refractivity contribution < 1.29 is 4.74 Å². The maximum absolute atomic E-state index is 5.61. The zero-order chi connectivity index (χ0) is 21.4. The van der Waals surface area contributed by atoms with E-state index in [-0.39, 0.29) is 0 Å². The molecule has 0 unspecified atom stereocenters. The highest BCUT2D eigenvalue weighted by Gasteiger charge is 2.15. The Bertz CT molecular complexity index is 1380. The van der Waals surface area contributed by atoms with Crippen molar-refractivity contribution in [2.24, 2.45) is 0 Å². The predicted molar refractivity (Wildman–Crippen MR) is 126 cm³/mol. The molecule has 3 heterocycles. The van der Waals surface area contributed by atoms with Crippen LogP contribution in [0.1, 0.15) is 24.8 Å². The predicted octanol–water partition coefficient (Wildman–Crippen LogP) is 6.18. The fourth-order valence-electron chi connectivity index (χ4n) is 3.45. The van der Waals surface area contributed by atoms with Crippen molar-refractivity contribution in [1.29, 1.82) is 0 Å². The first-order valence-electron chi connectivity index (χ1n) is 10.0. The Morgan fingerprint density at radius 2 is 1.77 bits per heavy atom. The molecular weight excluding hydrogens is 406 g/mol. The third-order valence-electron chi connectivity index (χ3n) is 5.01. The Morgan fingerprint density at radius 1 is 0.935 bits per heavy atom. The van der Waals surface area contributed by atoms with E-state index in [2.05, 4.69) is 30.2 Å². The Morgan fingerprint density at radius 3 is 2.55 bits per heavy atom. The third kappa shape index (κ3) is 3.68. The van der Waals surface area contributed by atoms with Gasteiger partial charge in [0.05, 0.1) is 33.2 Å². The highest BCUT2D eigenvalue weighted by atomic mass is 32.1. The molecule has 1 N–H and O–H groups in total. The quantitative estimate of drug-likeness (QED) is 0.361. The molecule has 5 rings (SSSR count). The summed E-state index contributed by atoms with van der Waals surface area (Å²) in [7, 11) is 1.66. The van der Waals surface area contributed by atoms with Crippen molar-refractivity contribution in [3.8, 4) is 17.1 Å². The fraction of sp³-hybridized carbons (Fsp3) is 0.167. The molecule has 3 aromatic heterocycles. The van der Waals surface area contributed by atoms with Crippen molar-refractivity contribution >= 4 is 44.0 Å². The fourth-order valence-corrected chi connectivity index (χ4v) is 4.46. The summed E-state index contributed by atoms with van der Waals surface area (Å²) in [6.07, 6.45) is 3.48. The number of hydrogen-bond donors (Lipinski definition) is 1. The minimum atomic E-state index is 0.409. The van der Waals surface area contributed by atoms with Crippen LogP contribution in [0.25, 0.3) is 32.5 Å². The van der Waals surface area contributed by atoms with E-state index in [0.29, 0.717) is 17.6 Å². The molecule has 0 radical (unpaired) electrons. The molecule has 0 fully saturated rings. The second-order valence-electron chi connectivity index (χ2n) is 7.50. The Labute approximate surface area is 184 Å². The summed E-state index contributed by atoms with van der Waals surface area (Å²) in [6, 6.07) is 15.8. The zero-order valence-electron chi connectivity index (χ0n) is 17.5. The molecule has 7 heteroatoms. The molecule has 0 aliphatic carbocycles. The number of nitrogens with zero attached hydrogens (tertiary/aromatic N) is 4. The minimum absolute atomic E-state index is 0.409. The molecule has 0 saturated heterocycles. The highest BCUT2D eigenvalue weighted by molar-refractivity contribution is 7.18. The van der Waals surface area contributed by atoms with E-state index in [1.807, 2.05) is 42.5 Å². The SMILES string of the molecule is COc1cccc2nc(-c3ccncc3)nc(Nc3ccc4nc(C(C)C)sc4c3)c12. The van der Waals surface area contributed by atoms with Crippen LogP contribution in [0.3, 0.4) is 0 Å². The Kier molecular flexibility index (Phi) is 4.95. The first-order chi connectivity index (χ1) is 15.1. The largest absolute Gasteiger partial charge is 0.496 e. The van der Waals surface area contributed by atoms with Crippen molar-refractivity contribution in [3.05, 3.63) is 65.9 Å². The van der Waals surface area contributed by atoms with Gasteiger partial charge in [0.25, 0.3) is 0 Å². The van der Waals surface area contributed by atoms with Crippen LogP contribution >= 0.6 is 11.3 Å². The smallest absolute Gasteiger partial charge is 0.162 e. The number of anilines is 2. The number of rotatable bonds is 5. The molecule has 31 heavy (non-hydrogen) atoms. The highest BCUT2D eigenvalue weighted by Crippen LogP contribution is 2.35. The molecule has 5 aromatic rings. The van der Waals surface area contributed by atoms with Gasteiger partial charge in [-0.15, -0.1) is 11.3 Å². The van der Waals surface area contributed by atoms with Crippen LogP contribution in [0.15, 0.2) is 60.9 Å². The molecular formula is C24H21N5OS. The maximum Gasteiger partial charge on any atom is 0.162 e. The molecule has 0 saturated carbocycles. The van der Waals surface area contributed by atoms with Gasteiger partial charge in [-0.3, -0.25) is 4.98 Å². The summed E-state index contributed by atoms with van der Waals surface area (Å²) in [4.78, 5) is 18.4. The number of methoxy groups -OCH3 is 1.